The molecule has 0 saturated carbocycles. The molecule has 1 aliphatic heterocycles. The first-order valence-electron chi connectivity index (χ1n) is 13.2. The summed E-state index contributed by atoms with van der Waals surface area (Å²) in [5.41, 5.74) is 0. The van der Waals surface area contributed by atoms with E-state index in [-0.39, 0.29) is 12.4 Å². The first-order valence-corrected chi connectivity index (χ1v) is 14.5. The molecule has 32 heavy (non-hydrogen) atoms. The van der Waals surface area contributed by atoms with E-state index in [4.69, 9.17) is 5.11 Å². The van der Waals surface area contributed by atoms with Gasteiger partial charge in [0.25, 0.3) is 0 Å². The molecule has 0 bridgehead atoms. The van der Waals surface area contributed by atoms with E-state index in [0.29, 0.717) is 4.48 Å². The van der Waals surface area contributed by atoms with Crippen LogP contribution in [0.25, 0.3) is 0 Å². The molecule has 2 atom stereocenters. The molecule has 1 fully saturated rings. The molecule has 0 aromatic rings. The average Bonchev–Trinajstić information content (AvgIpc) is 3.13. The Morgan fingerprint density at radius 1 is 0.875 bits per heavy atom. The van der Waals surface area contributed by atoms with E-state index >= 15 is 0 Å². The van der Waals surface area contributed by atoms with Gasteiger partial charge in [-0.05, 0) is 32.1 Å². The molecule has 0 aliphatic carbocycles. The van der Waals surface area contributed by atoms with Crippen LogP contribution in [0.5, 0.6) is 0 Å². The van der Waals surface area contributed by atoms with Gasteiger partial charge in [-0.2, -0.15) is 0 Å². The maximum Gasteiger partial charge on any atom is 0.375 e. The second-order valence-electron chi connectivity index (χ2n) is 9.97. The van der Waals surface area contributed by atoms with Crippen molar-refractivity contribution in [3.05, 3.63) is 12.2 Å². The zero-order chi connectivity index (χ0) is 24.1. The lowest BCUT2D eigenvalue weighted by Crippen LogP contribution is -2.41. The average molecular weight is 475 g/mol. The standard InChI is InChI=1S/C20H40O2.C6H13NO2P/c1-2-3-4-5-6-7-8-9-10-11-12-13-14-15-16-17-18-20(22)19-21;1-7(2)5-3-4-6(7)10(8)9/h9-10,20-22H,2-8,11-19H2,1H3;6H,3-5H2,1-2H3/q;+1. The first-order chi connectivity index (χ1) is 15.3. The molecule has 1 aliphatic rings. The fourth-order valence-corrected chi connectivity index (χ4v) is 5.28. The molecule has 5 nitrogen and oxygen atoms in total. The van der Waals surface area contributed by atoms with Gasteiger partial charge in [-0.3, -0.25) is 0 Å². The van der Waals surface area contributed by atoms with Gasteiger partial charge in [0.15, 0.2) is 5.78 Å². The summed E-state index contributed by atoms with van der Waals surface area (Å²) in [5.74, 6) is -0.130. The summed E-state index contributed by atoms with van der Waals surface area (Å²) >= 11 is 0. The van der Waals surface area contributed by atoms with Crippen LogP contribution < -0.4 is 0 Å². The molecule has 0 amide bonds. The highest BCUT2D eigenvalue weighted by atomic mass is 31.1. The molecule has 0 radical (unpaired) electrons. The smallest absolute Gasteiger partial charge is 0.375 e. The molecule has 0 aromatic heterocycles. The number of hydrogen-bond donors (Lipinski definition) is 2. The highest BCUT2D eigenvalue weighted by Gasteiger charge is 2.38. The highest BCUT2D eigenvalue weighted by molar-refractivity contribution is 7.31. The van der Waals surface area contributed by atoms with E-state index < -0.39 is 13.8 Å². The van der Waals surface area contributed by atoms with Crippen molar-refractivity contribution in [3.63, 3.8) is 0 Å². The molecule has 1 rings (SSSR count). The Kier molecular flexibility index (Phi) is 20.8. The fraction of sp³-hybridized carbons (Fsp3) is 0.923. The molecule has 1 saturated heterocycles. The van der Waals surface area contributed by atoms with E-state index in [9.17, 15) is 14.2 Å². The van der Waals surface area contributed by atoms with Gasteiger partial charge in [-0.15, -0.1) is 0 Å². The Balaban J connectivity index is 0.000000792. The number of nitrogens with zero attached hydrogens (tertiary/aromatic N) is 1. The van der Waals surface area contributed by atoms with Gasteiger partial charge in [0, 0.05) is 12.8 Å². The largest absolute Gasteiger partial charge is 0.394 e. The van der Waals surface area contributed by atoms with Crippen LogP contribution >= 0.6 is 7.68 Å². The van der Waals surface area contributed by atoms with Crippen molar-refractivity contribution < 1.29 is 23.8 Å². The monoisotopic (exact) mass is 474 g/mol. The zero-order valence-corrected chi connectivity index (χ0v) is 22.2. The predicted molar refractivity (Wildman–Crippen MR) is 135 cm³/mol. The van der Waals surface area contributed by atoms with E-state index in [1.807, 2.05) is 14.1 Å². The summed E-state index contributed by atoms with van der Waals surface area (Å²) in [6, 6.07) is 0. The minimum Gasteiger partial charge on any atom is -0.394 e. The van der Waals surface area contributed by atoms with Crippen molar-refractivity contribution >= 4 is 7.68 Å². The lowest BCUT2D eigenvalue weighted by Gasteiger charge is -2.26. The minimum absolute atomic E-state index is 0.0922. The van der Waals surface area contributed by atoms with E-state index in [1.54, 1.807) is 0 Å². The van der Waals surface area contributed by atoms with Crippen molar-refractivity contribution in [2.75, 3.05) is 27.2 Å². The van der Waals surface area contributed by atoms with Crippen molar-refractivity contribution in [2.45, 2.75) is 128 Å². The topological polar surface area (TPSA) is 74.6 Å². The van der Waals surface area contributed by atoms with Crippen LogP contribution in [0.4, 0.5) is 0 Å². The number of allylic oxidation sites excluding steroid dienone is 2. The van der Waals surface area contributed by atoms with Crippen molar-refractivity contribution in [2.24, 2.45) is 0 Å². The molecule has 2 unspecified atom stereocenters. The minimum atomic E-state index is -2.22. The summed E-state index contributed by atoms with van der Waals surface area (Å²) in [6.07, 6.45) is 25.1. The molecule has 0 spiro atoms. The Hall–Kier alpha value is -0.480. The van der Waals surface area contributed by atoms with Gasteiger partial charge in [-0.25, -0.2) is 9.13 Å². The van der Waals surface area contributed by atoms with Gasteiger partial charge < -0.3 is 14.7 Å². The predicted octanol–water partition coefficient (Wildman–Crippen LogP) is 7.12. The van der Waals surface area contributed by atoms with Crippen LogP contribution in [-0.4, -0.2) is 53.8 Å². The van der Waals surface area contributed by atoms with Crippen molar-refractivity contribution in [3.8, 4) is 0 Å². The summed E-state index contributed by atoms with van der Waals surface area (Å²) in [5, 5.41) is 17.9. The quantitative estimate of drug-likeness (QED) is 0.0959. The highest BCUT2D eigenvalue weighted by Crippen LogP contribution is 2.33. The van der Waals surface area contributed by atoms with Crippen LogP contribution in [0.2, 0.25) is 0 Å². The lowest BCUT2D eigenvalue weighted by molar-refractivity contribution is -0.888. The molecule has 2 N–H and O–H groups in total. The van der Waals surface area contributed by atoms with Crippen molar-refractivity contribution in [1.82, 2.24) is 0 Å². The molecule has 6 heteroatoms. The second kappa shape index (κ2) is 21.1. The van der Waals surface area contributed by atoms with Gasteiger partial charge in [0.05, 0.1) is 33.4 Å². The third-order valence-corrected chi connectivity index (χ3v) is 7.88. The fourth-order valence-electron chi connectivity index (χ4n) is 4.26. The Morgan fingerprint density at radius 3 is 1.78 bits per heavy atom. The Labute approximate surface area is 199 Å². The Morgan fingerprint density at radius 2 is 1.38 bits per heavy atom. The number of likely N-dealkylation sites (tertiary alicyclic amines) is 1. The van der Waals surface area contributed by atoms with Gasteiger partial charge in [0.2, 0.25) is 0 Å². The van der Waals surface area contributed by atoms with Gasteiger partial charge in [0.1, 0.15) is 0 Å². The number of aliphatic hydroxyl groups excluding tert-OH is 2. The van der Waals surface area contributed by atoms with E-state index in [1.165, 1.54) is 83.5 Å². The SMILES string of the molecule is CCCCCCCCC=CCCCCCCCCC(O)CO.C[N+]1(C)CCCC1P(=O)=O. The van der Waals surface area contributed by atoms with Crippen LogP contribution in [0.15, 0.2) is 12.2 Å². The molecular weight excluding hydrogens is 421 g/mol. The van der Waals surface area contributed by atoms with E-state index in [0.717, 1.165) is 32.2 Å². The number of quaternary nitrogens is 1. The normalized spacial score (nSPS) is 18.5. The molecule has 1 heterocycles. The van der Waals surface area contributed by atoms with Crippen molar-refractivity contribution in [1.29, 1.82) is 0 Å². The third-order valence-electron chi connectivity index (χ3n) is 6.51. The summed E-state index contributed by atoms with van der Waals surface area (Å²) in [4.78, 5) is 0. The molecular formula is C26H53NO4P+. The van der Waals surface area contributed by atoms with Gasteiger partial charge in [-0.1, -0.05) is 83.3 Å². The molecule has 0 aromatic carbocycles. The first kappa shape index (κ1) is 31.5. The van der Waals surface area contributed by atoms with Gasteiger partial charge >= 0.3 is 7.68 Å². The number of hydrogen-bond acceptors (Lipinski definition) is 4. The maximum absolute atomic E-state index is 10.6. The lowest BCUT2D eigenvalue weighted by atomic mass is 10.1. The van der Waals surface area contributed by atoms with Crippen LogP contribution in [0, 0.1) is 0 Å². The number of rotatable bonds is 18. The molecule has 190 valence electrons. The third kappa shape index (κ3) is 18.0. The maximum atomic E-state index is 10.6. The Bertz CT molecular complexity index is 512. The summed E-state index contributed by atoms with van der Waals surface area (Å²) < 4.78 is 21.9. The zero-order valence-electron chi connectivity index (χ0n) is 21.3. The van der Waals surface area contributed by atoms with Crippen LogP contribution in [0.1, 0.15) is 116 Å². The van der Waals surface area contributed by atoms with Crippen LogP contribution in [0.3, 0.4) is 0 Å². The summed E-state index contributed by atoms with van der Waals surface area (Å²) in [7, 11) is 1.73. The summed E-state index contributed by atoms with van der Waals surface area (Å²) in [6.45, 7) is 3.17. The number of aliphatic hydroxyl groups is 2. The second-order valence-corrected chi connectivity index (χ2v) is 11.1. The van der Waals surface area contributed by atoms with E-state index in [2.05, 4.69) is 19.1 Å². The van der Waals surface area contributed by atoms with Crippen LogP contribution in [-0.2, 0) is 9.13 Å². The number of unbranched alkanes of at least 4 members (excludes halogenated alkanes) is 12.